The van der Waals surface area contributed by atoms with Gasteiger partial charge in [0.2, 0.25) is 0 Å². The summed E-state index contributed by atoms with van der Waals surface area (Å²) >= 11 is 0. The smallest absolute Gasteiger partial charge is 0.279 e. The molecule has 6 nitrogen and oxygen atoms in total. The van der Waals surface area contributed by atoms with Crippen LogP contribution in [0.3, 0.4) is 0 Å². The highest BCUT2D eigenvalue weighted by molar-refractivity contribution is 7.87. The molecule has 1 rings (SSSR count). The van der Waals surface area contributed by atoms with E-state index in [4.69, 9.17) is 4.74 Å². The van der Waals surface area contributed by atoms with Crippen LogP contribution in [-0.4, -0.2) is 58.7 Å². The van der Waals surface area contributed by atoms with Gasteiger partial charge in [-0.3, -0.25) is 0 Å². The van der Waals surface area contributed by atoms with Gasteiger partial charge in [-0.25, -0.2) is 4.72 Å². The van der Waals surface area contributed by atoms with Gasteiger partial charge in [-0.1, -0.05) is 6.92 Å². The van der Waals surface area contributed by atoms with Gasteiger partial charge in [0, 0.05) is 27.2 Å². The first-order chi connectivity index (χ1) is 7.96. The van der Waals surface area contributed by atoms with E-state index < -0.39 is 10.2 Å². The van der Waals surface area contributed by atoms with Crippen molar-refractivity contribution in [1.29, 1.82) is 0 Å². The van der Waals surface area contributed by atoms with Crippen LogP contribution in [0.15, 0.2) is 0 Å². The van der Waals surface area contributed by atoms with Crippen molar-refractivity contribution in [1.82, 2.24) is 14.3 Å². The maximum absolute atomic E-state index is 11.8. The fraction of sp³-hybridized carbons (Fsp3) is 1.00. The highest BCUT2D eigenvalue weighted by atomic mass is 35.5. The molecule has 0 spiro atoms. The third-order valence-electron chi connectivity index (χ3n) is 3.20. The second-order valence-electron chi connectivity index (χ2n) is 4.48. The van der Waals surface area contributed by atoms with Crippen LogP contribution in [0.25, 0.3) is 0 Å². The lowest BCUT2D eigenvalue weighted by Gasteiger charge is -2.29. The molecule has 0 saturated carbocycles. The minimum atomic E-state index is -3.37. The Hall–Kier alpha value is 0.0800. The maximum Gasteiger partial charge on any atom is 0.279 e. The summed E-state index contributed by atoms with van der Waals surface area (Å²) in [4.78, 5) is 0. The van der Waals surface area contributed by atoms with Crippen molar-refractivity contribution >= 4 is 22.6 Å². The standard InChI is InChI=1S/C10H23N3O3S.ClH/c1-4-13(2)17(14,15)12-8-10(9-16-3)6-5-7-11-10;/h11-12H,4-9H2,1-3H3;1H. The average molecular weight is 302 g/mol. The Kier molecular flexibility index (Phi) is 7.65. The van der Waals surface area contributed by atoms with Crippen molar-refractivity contribution in [3.8, 4) is 0 Å². The van der Waals surface area contributed by atoms with Gasteiger partial charge in [0.05, 0.1) is 12.1 Å². The molecule has 0 aliphatic carbocycles. The number of hydrogen-bond donors (Lipinski definition) is 2. The SMILES string of the molecule is CCN(C)S(=O)(=O)NCC1(COC)CCCN1.Cl. The Labute approximate surface area is 116 Å². The molecular weight excluding hydrogens is 278 g/mol. The number of halogens is 1. The Balaban J connectivity index is 0.00000289. The van der Waals surface area contributed by atoms with Crippen LogP contribution in [0, 0.1) is 0 Å². The fourth-order valence-corrected chi connectivity index (χ4v) is 3.00. The number of nitrogens with one attached hydrogen (secondary N) is 2. The Morgan fingerprint density at radius 1 is 1.50 bits per heavy atom. The molecular formula is C10H24ClN3O3S. The quantitative estimate of drug-likeness (QED) is 0.692. The molecule has 0 radical (unpaired) electrons. The predicted octanol–water partition coefficient (Wildman–Crippen LogP) is -0.0371. The summed E-state index contributed by atoms with van der Waals surface area (Å²) in [6.07, 6.45) is 1.98. The highest BCUT2D eigenvalue weighted by Gasteiger charge is 2.34. The van der Waals surface area contributed by atoms with E-state index in [1.165, 1.54) is 4.31 Å². The van der Waals surface area contributed by atoms with Crippen molar-refractivity contribution in [3.05, 3.63) is 0 Å². The van der Waals surface area contributed by atoms with Crippen LogP contribution in [0.5, 0.6) is 0 Å². The molecule has 1 atom stereocenters. The molecule has 0 aromatic rings. The average Bonchev–Trinajstić information content (AvgIpc) is 2.75. The van der Waals surface area contributed by atoms with Gasteiger partial charge in [0.1, 0.15) is 0 Å². The summed E-state index contributed by atoms with van der Waals surface area (Å²) in [5.41, 5.74) is -0.254. The van der Waals surface area contributed by atoms with Crippen molar-refractivity contribution in [3.63, 3.8) is 0 Å². The molecule has 2 N–H and O–H groups in total. The lowest BCUT2D eigenvalue weighted by Crippen LogP contribution is -2.54. The van der Waals surface area contributed by atoms with Crippen molar-refractivity contribution in [2.24, 2.45) is 0 Å². The van der Waals surface area contributed by atoms with Gasteiger partial charge in [0.15, 0.2) is 0 Å². The van der Waals surface area contributed by atoms with Gasteiger partial charge >= 0.3 is 0 Å². The number of methoxy groups -OCH3 is 1. The second kappa shape index (κ2) is 7.62. The molecule has 1 saturated heterocycles. The van der Waals surface area contributed by atoms with Crippen LogP contribution in [0.1, 0.15) is 19.8 Å². The van der Waals surface area contributed by atoms with E-state index in [0.29, 0.717) is 19.7 Å². The van der Waals surface area contributed by atoms with Crippen molar-refractivity contribution < 1.29 is 13.2 Å². The Bertz CT molecular complexity index is 331. The molecule has 8 heteroatoms. The normalized spacial score (nSPS) is 24.2. The first-order valence-electron chi connectivity index (χ1n) is 5.91. The number of rotatable bonds is 7. The number of ether oxygens (including phenoxy) is 1. The highest BCUT2D eigenvalue weighted by Crippen LogP contribution is 2.19. The summed E-state index contributed by atoms with van der Waals surface area (Å²) in [6, 6.07) is 0. The zero-order valence-corrected chi connectivity index (χ0v) is 12.9. The van der Waals surface area contributed by atoms with E-state index in [1.807, 2.05) is 0 Å². The molecule has 0 amide bonds. The van der Waals surface area contributed by atoms with Crippen LogP contribution >= 0.6 is 12.4 Å². The minimum absolute atomic E-state index is 0. The van der Waals surface area contributed by atoms with Crippen LogP contribution < -0.4 is 10.0 Å². The lowest BCUT2D eigenvalue weighted by atomic mass is 9.99. The molecule has 0 bridgehead atoms. The number of nitrogens with zero attached hydrogens (tertiary/aromatic N) is 1. The van der Waals surface area contributed by atoms with Gasteiger partial charge in [-0.15, -0.1) is 12.4 Å². The van der Waals surface area contributed by atoms with E-state index in [0.717, 1.165) is 19.4 Å². The van der Waals surface area contributed by atoms with Crippen molar-refractivity contribution in [2.75, 3.05) is 40.4 Å². The van der Waals surface area contributed by atoms with Gasteiger partial charge < -0.3 is 10.1 Å². The first-order valence-corrected chi connectivity index (χ1v) is 7.35. The number of hydrogen-bond acceptors (Lipinski definition) is 4. The summed E-state index contributed by atoms with van der Waals surface area (Å²) in [5, 5.41) is 3.33. The molecule has 18 heavy (non-hydrogen) atoms. The molecule has 1 unspecified atom stereocenters. The Morgan fingerprint density at radius 2 is 2.17 bits per heavy atom. The maximum atomic E-state index is 11.8. The van der Waals surface area contributed by atoms with Crippen LogP contribution in [-0.2, 0) is 14.9 Å². The predicted molar refractivity (Wildman–Crippen MR) is 74.3 cm³/mol. The van der Waals surface area contributed by atoms with Crippen molar-refractivity contribution in [2.45, 2.75) is 25.3 Å². The lowest BCUT2D eigenvalue weighted by molar-refractivity contribution is 0.122. The van der Waals surface area contributed by atoms with E-state index >= 15 is 0 Å². The summed E-state index contributed by atoms with van der Waals surface area (Å²) < 4.78 is 32.7. The van der Waals surface area contributed by atoms with Gasteiger partial charge in [-0.2, -0.15) is 12.7 Å². The summed E-state index contributed by atoms with van der Waals surface area (Å²) in [5.74, 6) is 0. The molecule has 1 aliphatic rings. The third kappa shape index (κ3) is 4.64. The molecule has 110 valence electrons. The van der Waals surface area contributed by atoms with E-state index in [1.54, 1.807) is 21.1 Å². The molecule has 1 aliphatic heterocycles. The van der Waals surface area contributed by atoms with Gasteiger partial charge in [-0.05, 0) is 19.4 Å². The summed E-state index contributed by atoms with van der Waals surface area (Å²) in [6.45, 7) is 4.06. The van der Waals surface area contributed by atoms with E-state index in [2.05, 4.69) is 10.0 Å². The fourth-order valence-electron chi connectivity index (χ4n) is 1.98. The zero-order chi connectivity index (χ0) is 12.9. The topological polar surface area (TPSA) is 70.7 Å². The van der Waals surface area contributed by atoms with E-state index in [-0.39, 0.29) is 17.9 Å². The third-order valence-corrected chi connectivity index (χ3v) is 4.79. The largest absolute Gasteiger partial charge is 0.383 e. The van der Waals surface area contributed by atoms with Crippen LogP contribution in [0.4, 0.5) is 0 Å². The van der Waals surface area contributed by atoms with Crippen LogP contribution in [0.2, 0.25) is 0 Å². The summed E-state index contributed by atoms with van der Waals surface area (Å²) in [7, 11) is -0.170. The monoisotopic (exact) mass is 301 g/mol. The van der Waals surface area contributed by atoms with Gasteiger partial charge in [0.25, 0.3) is 10.2 Å². The molecule has 1 heterocycles. The Morgan fingerprint density at radius 3 is 2.61 bits per heavy atom. The second-order valence-corrected chi connectivity index (χ2v) is 6.35. The first kappa shape index (κ1) is 18.1. The molecule has 0 aromatic carbocycles. The zero-order valence-electron chi connectivity index (χ0n) is 11.2. The molecule has 0 aromatic heterocycles. The van der Waals surface area contributed by atoms with E-state index in [9.17, 15) is 8.42 Å². The molecule has 1 fully saturated rings. The minimum Gasteiger partial charge on any atom is -0.383 e.